The van der Waals surface area contributed by atoms with Gasteiger partial charge in [0.1, 0.15) is 0 Å². The molecule has 2 fully saturated rings. The molecule has 2 aliphatic rings. The number of alkyl halides is 2. The molecule has 0 spiro atoms. The van der Waals surface area contributed by atoms with Gasteiger partial charge in [-0.1, -0.05) is 49.2 Å². The summed E-state index contributed by atoms with van der Waals surface area (Å²) in [5, 5.41) is 0. The van der Waals surface area contributed by atoms with E-state index in [9.17, 15) is 8.78 Å². The van der Waals surface area contributed by atoms with Crippen LogP contribution in [0.25, 0.3) is 0 Å². The van der Waals surface area contributed by atoms with Gasteiger partial charge >= 0.3 is 0 Å². The molecule has 0 radical (unpaired) electrons. The van der Waals surface area contributed by atoms with E-state index in [1.165, 1.54) is 69.8 Å². The molecule has 0 amide bonds. The van der Waals surface area contributed by atoms with Gasteiger partial charge in [-0.05, 0) is 106 Å². The third kappa shape index (κ3) is 8.67. The van der Waals surface area contributed by atoms with E-state index >= 15 is 0 Å². The van der Waals surface area contributed by atoms with Crippen molar-refractivity contribution in [3.63, 3.8) is 0 Å². The van der Waals surface area contributed by atoms with Gasteiger partial charge < -0.3 is 4.74 Å². The van der Waals surface area contributed by atoms with Crippen LogP contribution in [0.2, 0.25) is 0 Å². The van der Waals surface area contributed by atoms with Gasteiger partial charge in [0.15, 0.2) is 0 Å². The van der Waals surface area contributed by atoms with Gasteiger partial charge in [0.2, 0.25) is 0 Å². The summed E-state index contributed by atoms with van der Waals surface area (Å²) in [4.78, 5) is 0. The molecule has 1 aromatic rings. The topological polar surface area (TPSA) is 9.23 Å². The average molecular weight is 433 g/mol. The number of hydrogen-bond acceptors (Lipinski definition) is 1. The highest BCUT2D eigenvalue weighted by Gasteiger charge is 2.31. The third-order valence-corrected chi connectivity index (χ3v) is 7.96. The Balaban J connectivity index is 1.31. The minimum atomic E-state index is -2.30. The fraction of sp³-hybridized carbons (Fsp3) is 0.714. The molecule has 1 nitrogen and oxygen atoms in total. The van der Waals surface area contributed by atoms with Crippen LogP contribution in [0.1, 0.15) is 82.6 Å². The standard InChI is InChI=1S/C28H42F2O/c1-31-27(11-5-9-22-7-3-2-4-8-22)21-24-15-19-26(20-16-24)25-17-13-23(14-18-25)10-6-12-28(29)30/h2-4,6-8,12,23-28H,5,9-11,13-21H2,1H3/b12-6+. The number of ether oxygens (including phenoxy) is 1. The molecule has 1 aromatic carbocycles. The Labute approximate surface area is 188 Å². The summed E-state index contributed by atoms with van der Waals surface area (Å²) in [7, 11) is 1.88. The molecule has 3 heteroatoms. The Kier molecular flexibility index (Phi) is 10.5. The molecule has 1 unspecified atom stereocenters. The number of hydrogen-bond donors (Lipinski definition) is 0. The lowest BCUT2D eigenvalue weighted by atomic mass is 9.68. The molecule has 0 N–H and O–H groups in total. The highest BCUT2D eigenvalue weighted by molar-refractivity contribution is 5.14. The van der Waals surface area contributed by atoms with Gasteiger partial charge in [-0.15, -0.1) is 0 Å². The first kappa shape index (κ1) is 24.4. The SMILES string of the molecule is COC(CCCc1ccccc1)CC1CCC(C2CCC(C/C=C/C(F)F)CC2)CC1. The summed E-state index contributed by atoms with van der Waals surface area (Å²) in [6, 6.07) is 10.8. The molecule has 2 saturated carbocycles. The smallest absolute Gasteiger partial charge is 0.257 e. The van der Waals surface area contributed by atoms with Crippen molar-refractivity contribution < 1.29 is 13.5 Å². The molecule has 0 bridgehead atoms. The predicted molar refractivity (Wildman–Crippen MR) is 125 cm³/mol. The third-order valence-electron chi connectivity index (χ3n) is 7.96. The normalized spacial score (nSPS) is 28.3. The van der Waals surface area contributed by atoms with Gasteiger partial charge in [0.05, 0.1) is 6.10 Å². The van der Waals surface area contributed by atoms with Gasteiger partial charge in [-0.25, -0.2) is 8.78 Å². The summed E-state index contributed by atoms with van der Waals surface area (Å²) in [5.74, 6) is 3.22. The van der Waals surface area contributed by atoms with Gasteiger partial charge in [0.25, 0.3) is 6.43 Å². The minimum Gasteiger partial charge on any atom is -0.381 e. The number of allylic oxidation sites excluding steroid dienone is 2. The Bertz CT molecular complexity index is 613. The summed E-state index contributed by atoms with van der Waals surface area (Å²) in [6.45, 7) is 0. The molecule has 0 aromatic heterocycles. The van der Waals surface area contributed by atoms with E-state index in [0.29, 0.717) is 12.0 Å². The predicted octanol–water partition coefficient (Wildman–Crippen LogP) is 8.24. The summed E-state index contributed by atoms with van der Waals surface area (Å²) < 4.78 is 30.4. The van der Waals surface area contributed by atoms with Crippen molar-refractivity contribution in [2.24, 2.45) is 23.7 Å². The quantitative estimate of drug-likeness (QED) is 0.320. The molecule has 0 heterocycles. The molecule has 0 saturated heterocycles. The van der Waals surface area contributed by atoms with E-state index in [1.807, 2.05) is 7.11 Å². The largest absolute Gasteiger partial charge is 0.381 e. The van der Waals surface area contributed by atoms with Crippen molar-refractivity contribution in [2.45, 2.75) is 96.0 Å². The zero-order valence-corrected chi connectivity index (χ0v) is 19.4. The van der Waals surface area contributed by atoms with Crippen LogP contribution in [0.15, 0.2) is 42.5 Å². The highest BCUT2D eigenvalue weighted by Crippen LogP contribution is 2.43. The highest BCUT2D eigenvalue weighted by atomic mass is 19.3. The Hall–Kier alpha value is -1.22. The Morgan fingerprint density at radius 1 is 0.903 bits per heavy atom. The second kappa shape index (κ2) is 13.4. The van der Waals surface area contributed by atoms with Crippen LogP contribution < -0.4 is 0 Å². The second-order valence-corrected chi connectivity index (χ2v) is 10.0. The van der Waals surface area contributed by atoms with Crippen molar-refractivity contribution in [1.29, 1.82) is 0 Å². The van der Waals surface area contributed by atoms with Crippen LogP contribution in [-0.2, 0) is 11.2 Å². The Morgan fingerprint density at radius 3 is 2.10 bits per heavy atom. The van der Waals surface area contributed by atoms with Crippen LogP contribution >= 0.6 is 0 Å². The first-order valence-corrected chi connectivity index (χ1v) is 12.7. The first-order valence-electron chi connectivity index (χ1n) is 12.7. The molecule has 3 rings (SSSR count). The van der Waals surface area contributed by atoms with Crippen molar-refractivity contribution in [3.8, 4) is 0 Å². The average Bonchev–Trinajstić information content (AvgIpc) is 2.80. The van der Waals surface area contributed by atoms with Gasteiger partial charge in [0, 0.05) is 7.11 Å². The number of rotatable bonds is 11. The van der Waals surface area contributed by atoms with Crippen molar-refractivity contribution in [3.05, 3.63) is 48.0 Å². The second-order valence-electron chi connectivity index (χ2n) is 10.0. The van der Waals surface area contributed by atoms with Crippen LogP contribution in [0, 0.1) is 23.7 Å². The number of halogens is 2. The fourth-order valence-electron chi connectivity index (χ4n) is 6.05. The lowest BCUT2D eigenvalue weighted by Crippen LogP contribution is -2.27. The Morgan fingerprint density at radius 2 is 1.52 bits per heavy atom. The van der Waals surface area contributed by atoms with E-state index in [-0.39, 0.29) is 0 Å². The summed E-state index contributed by atoms with van der Waals surface area (Å²) in [6.07, 6.45) is 17.0. The van der Waals surface area contributed by atoms with E-state index in [2.05, 4.69) is 30.3 Å². The van der Waals surface area contributed by atoms with Crippen LogP contribution in [0.4, 0.5) is 8.78 Å². The number of methoxy groups -OCH3 is 1. The monoisotopic (exact) mass is 432 g/mol. The first-order chi connectivity index (χ1) is 15.1. The van der Waals surface area contributed by atoms with Gasteiger partial charge in [-0.2, -0.15) is 0 Å². The maximum Gasteiger partial charge on any atom is 0.257 e. The van der Waals surface area contributed by atoms with Gasteiger partial charge in [-0.3, -0.25) is 0 Å². The van der Waals surface area contributed by atoms with Crippen molar-refractivity contribution in [2.75, 3.05) is 7.11 Å². The van der Waals surface area contributed by atoms with E-state index in [4.69, 9.17) is 4.74 Å². The summed E-state index contributed by atoms with van der Waals surface area (Å²) in [5.41, 5.74) is 1.43. The van der Waals surface area contributed by atoms with E-state index in [1.54, 1.807) is 6.08 Å². The molecule has 0 aliphatic heterocycles. The molecular weight excluding hydrogens is 390 g/mol. The zero-order chi connectivity index (χ0) is 21.9. The molecule has 1 atom stereocenters. The zero-order valence-electron chi connectivity index (χ0n) is 19.4. The van der Waals surface area contributed by atoms with Crippen LogP contribution in [-0.4, -0.2) is 19.6 Å². The lowest BCUT2D eigenvalue weighted by Gasteiger charge is -2.38. The number of aryl methyl sites for hydroxylation is 1. The molecular formula is C28H42F2O. The molecule has 174 valence electrons. The maximum absolute atomic E-state index is 12.3. The van der Waals surface area contributed by atoms with Crippen molar-refractivity contribution in [1.82, 2.24) is 0 Å². The molecule has 31 heavy (non-hydrogen) atoms. The summed E-state index contributed by atoms with van der Waals surface area (Å²) >= 11 is 0. The van der Waals surface area contributed by atoms with Crippen molar-refractivity contribution >= 4 is 0 Å². The minimum absolute atomic E-state index is 0.405. The van der Waals surface area contributed by atoms with Crippen LogP contribution in [0.5, 0.6) is 0 Å². The van der Waals surface area contributed by atoms with E-state index in [0.717, 1.165) is 43.1 Å². The maximum atomic E-state index is 12.3. The number of benzene rings is 1. The van der Waals surface area contributed by atoms with Crippen LogP contribution in [0.3, 0.4) is 0 Å². The van der Waals surface area contributed by atoms with E-state index < -0.39 is 6.43 Å². The molecule has 2 aliphatic carbocycles. The fourth-order valence-corrected chi connectivity index (χ4v) is 6.05. The lowest BCUT2D eigenvalue weighted by molar-refractivity contribution is 0.0563.